The number of aromatic nitrogens is 2. The quantitative estimate of drug-likeness (QED) is 0.937. The largest absolute Gasteiger partial charge is 0.311 e. The fourth-order valence-electron chi connectivity index (χ4n) is 3.27. The Morgan fingerprint density at radius 3 is 3.00 bits per heavy atom. The van der Waals surface area contributed by atoms with Crippen molar-refractivity contribution in [2.45, 2.75) is 45.8 Å². The Hall–Kier alpha value is -1.39. The second kappa shape index (κ2) is 6.16. The molecule has 0 spiro atoms. The molecule has 3 rings (SSSR count). The zero-order valence-corrected chi connectivity index (χ0v) is 13.3. The Labute approximate surface area is 127 Å². The third kappa shape index (κ3) is 3.44. The van der Waals surface area contributed by atoms with Crippen molar-refractivity contribution < 1.29 is 0 Å². The highest BCUT2D eigenvalue weighted by atomic mass is 15.2. The number of fused-ring (bicyclic) bond motifs is 1. The number of hydrogen-bond donors (Lipinski definition) is 1. The van der Waals surface area contributed by atoms with E-state index in [2.05, 4.69) is 53.8 Å². The molecule has 1 aliphatic heterocycles. The molecule has 0 bridgehead atoms. The molecule has 1 N–H and O–H groups in total. The van der Waals surface area contributed by atoms with Crippen LogP contribution in [0.15, 0.2) is 30.6 Å². The molecule has 0 aromatic carbocycles. The molecule has 2 atom stereocenters. The van der Waals surface area contributed by atoms with Gasteiger partial charge in [-0.1, -0.05) is 19.9 Å². The van der Waals surface area contributed by atoms with Crippen molar-refractivity contribution in [2.75, 3.05) is 13.1 Å². The first-order chi connectivity index (χ1) is 10.1. The lowest BCUT2D eigenvalue weighted by atomic mass is 9.99. The molecule has 0 saturated carbocycles. The van der Waals surface area contributed by atoms with Crippen LogP contribution in [-0.2, 0) is 6.54 Å². The van der Waals surface area contributed by atoms with Gasteiger partial charge in [-0.15, -0.1) is 0 Å². The zero-order chi connectivity index (χ0) is 14.8. The third-order valence-electron chi connectivity index (χ3n) is 4.25. The molecule has 21 heavy (non-hydrogen) atoms. The highest BCUT2D eigenvalue weighted by Gasteiger charge is 2.26. The Morgan fingerprint density at radius 1 is 1.38 bits per heavy atom. The molecule has 1 fully saturated rings. The SMILES string of the molecule is CC(C)CC1CNC(C)CN1Cc1cn2ccccc2n1. The Balaban J connectivity index is 1.76. The molecule has 0 amide bonds. The van der Waals surface area contributed by atoms with Gasteiger partial charge < -0.3 is 9.72 Å². The maximum atomic E-state index is 4.75. The monoisotopic (exact) mass is 286 g/mol. The summed E-state index contributed by atoms with van der Waals surface area (Å²) in [5.41, 5.74) is 2.21. The second-order valence-corrected chi connectivity index (χ2v) is 6.72. The van der Waals surface area contributed by atoms with Crippen LogP contribution in [0.25, 0.3) is 5.65 Å². The molecule has 4 nitrogen and oxygen atoms in total. The van der Waals surface area contributed by atoms with Gasteiger partial charge >= 0.3 is 0 Å². The van der Waals surface area contributed by atoms with E-state index in [1.165, 1.54) is 12.1 Å². The van der Waals surface area contributed by atoms with Crippen molar-refractivity contribution in [3.05, 3.63) is 36.3 Å². The molecular formula is C17H26N4. The fraction of sp³-hybridized carbons (Fsp3) is 0.588. The van der Waals surface area contributed by atoms with Gasteiger partial charge in [0.2, 0.25) is 0 Å². The van der Waals surface area contributed by atoms with E-state index in [0.29, 0.717) is 12.1 Å². The van der Waals surface area contributed by atoms with Gasteiger partial charge in [0.05, 0.1) is 5.69 Å². The summed E-state index contributed by atoms with van der Waals surface area (Å²) >= 11 is 0. The number of nitrogens with one attached hydrogen (secondary N) is 1. The van der Waals surface area contributed by atoms with Crippen LogP contribution in [0, 0.1) is 5.92 Å². The van der Waals surface area contributed by atoms with E-state index in [1.54, 1.807) is 0 Å². The Morgan fingerprint density at radius 2 is 2.24 bits per heavy atom. The first-order valence-corrected chi connectivity index (χ1v) is 8.02. The minimum Gasteiger partial charge on any atom is -0.311 e. The van der Waals surface area contributed by atoms with Gasteiger partial charge in [-0.3, -0.25) is 4.90 Å². The fourth-order valence-corrected chi connectivity index (χ4v) is 3.27. The number of imidazole rings is 1. The van der Waals surface area contributed by atoms with Crippen molar-refractivity contribution in [2.24, 2.45) is 5.92 Å². The summed E-state index contributed by atoms with van der Waals surface area (Å²) in [5, 5.41) is 3.61. The molecule has 2 aromatic heterocycles. The van der Waals surface area contributed by atoms with Crippen molar-refractivity contribution in [3.8, 4) is 0 Å². The van der Waals surface area contributed by atoms with Gasteiger partial charge in [0, 0.05) is 44.1 Å². The van der Waals surface area contributed by atoms with E-state index in [4.69, 9.17) is 4.98 Å². The second-order valence-electron chi connectivity index (χ2n) is 6.72. The van der Waals surface area contributed by atoms with Crippen LogP contribution in [0.5, 0.6) is 0 Å². The summed E-state index contributed by atoms with van der Waals surface area (Å²) in [6.45, 7) is 10.0. The van der Waals surface area contributed by atoms with Crippen LogP contribution in [0.4, 0.5) is 0 Å². The molecule has 4 heteroatoms. The predicted octanol–water partition coefficient (Wildman–Crippen LogP) is 2.54. The minimum absolute atomic E-state index is 0.561. The van der Waals surface area contributed by atoms with Crippen LogP contribution in [0.3, 0.4) is 0 Å². The van der Waals surface area contributed by atoms with Crippen molar-refractivity contribution in [3.63, 3.8) is 0 Å². The van der Waals surface area contributed by atoms with Gasteiger partial charge in [0.25, 0.3) is 0 Å². The minimum atomic E-state index is 0.561. The highest BCUT2D eigenvalue weighted by molar-refractivity contribution is 5.39. The maximum Gasteiger partial charge on any atom is 0.137 e. The molecule has 1 aliphatic rings. The summed E-state index contributed by atoms with van der Waals surface area (Å²) < 4.78 is 2.11. The van der Waals surface area contributed by atoms with E-state index in [1.807, 2.05) is 12.1 Å². The van der Waals surface area contributed by atoms with E-state index in [9.17, 15) is 0 Å². The summed E-state index contributed by atoms with van der Waals surface area (Å²) in [5.74, 6) is 0.730. The normalized spacial score (nSPS) is 24.0. The molecule has 3 heterocycles. The van der Waals surface area contributed by atoms with Crippen LogP contribution in [0.2, 0.25) is 0 Å². The number of rotatable bonds is 4. The summed E-state index contributed by atoms with van der Waals surface area (Å²) in [6.07, 6.45) is 5.47. The molecule has 0 aliphatic carbocycles. The van der Waals surface area contributed by atoms with Crippen LogP contribution < -0.4 is 5.32 Å². The molecule has 2 aromatic rings. The van der Waals surface area contributed by atoms with E-state index < -0.39 is 0 Å². The molecular weight excluding hydrogens is 260 g/mol. The van der Waals surface area contributed by atoms with Crippen LogP contribution >= 0.6 is 0 Å². The van der Waals surface area contributed by atoms with Crippen molar-refractivity contribution in [1.82, 2.24) is 19.6 Å². The lowest BCUT2D eigenvalue weighted by Crippen LogP contribution is -2.55. The topological polar surface area (TPSA) is 32.6 Å². The maximum absolute atomic E-state index is 4.75. The number of nitrogens with zero attached hydrogens (tertiary/aromatic N) is 3. The standard InChI is InChI=1S/C17H26N4/c1-13(2)8-16-9-18-14(3)10-21(16)12-15-11-20-7-5-4-6-17(20)19-15/h4-7,11,13-14,16,18H,8-10,12H2,1-3H3. The zero-order valence-electron chi connectivity index (χ0n) is 13.3. The summed E-state index contributed by atoms with van der Waals surface area (Å²) in [6, 6.07) is 7.33. The molecule has 0 radical (unpaired) electrons. The molecule has 1 saturated heterocycles. The van der Waals surface area contributed by atoms with Crippen LogP contribution in [-0.4, -0.2) is 39.5 Å². The highest BCUT2D eigenvalue weighted by Crippen LogP contribution is 2.18. The molecule has 2 unspecified atom stereocenters. The summed E-state index contributed by atoms with van der Waals surface area (Å²) in [4.78, 5) is 7.35. The third-order valence-corrected chi connectivity index (χ3v) is 4.25. The first-order valence-electron chi connectivity index (χ1n) is 8.02. The van der Waals surface area contributed by atoms with Gasteiger partial charge in [-0.2, -0.15) is 0 Å². The van der Waals surface area contributed by atoms with E-state index in [0.717, 1.165) is 31.2 Å². The molecule has 114 valence electrons. The Kier molecular flexibility index (Phi) is 4.27. The average molecular weight is 286 g/mol. The van der Waals surface area contributed by atoms with Gasteiger partial charge in [-0.05, 0) is 31.4 Å². The number of piperazine rings is 1. The Bertz CT molecular complexity index is 556. The van der Waals surface area contributed by atoms with Crippen LogP contribution in [0.1, 0.15) is 32.9 Å². The number of hydrogen-bond acceptors (Lipinski definition) is 3. The lowest BCUT2D eigenvalue weighted by Gasteiger charge is -2.39. The van der Waals surface area contributed by atoms with E-state index >= 15 is 0 Å². The van der Waals surface area contributed by atoms with Crippen molar-refractivity contribution in [1.29, 1.82) is 0 Å². The number of pyridine rings is 1. The first kappa shape index (κ1) is 14.5. The van der Waals surface area contributed by atoms with Crippen molar-refractivity contribution >= 4 is 5.65 Å². The van der Waals surface area contributed by atoms with Gasteiger partial charge in [0.1, 0.15) is 5.65 Å². The van der Waals surface area contributed by atoms with E-state index in [-0.39, 0.29) is 0 Å². The summed E-state index contributed by atoms with van der Waals surface area (Å²) in [7, 11) is 0. The smallest absolute Gasteiger partial charge is 0.137 e. The lowest BCUT2D eigenvalue weighted by molar-refractivity contribution is 0.110. The van der Waals surface area contributed by atoms with Gasteiger partial charge in [-0.25, -0.2) is 4.98 Å². The average Bonchev–Trinajstić information content (AvgIpc) is 2.83. The van der Waals surface area contributed by atoms with Gasteiger partial charge in [0.15, 0.2) is 0 Å². The predicted molar refractivity (Wildman–Crippen MR) is 86.3 cm³/mol.